The number of benzene rings is 2. The Bertz CT molecular complexity index is 777. The van der Waals surface area contributed by atoms with Gasteiger partial charge in [-0.15, -0.1) is 12.4 Å². The number of primary amides is 1. The highest BCUT2D eigenvalue weighted by Crippen LogP contribution is 2.25. The molecule has 1 amide bonds. The van der Waals surface area contributed by atoms with Gasteiger partial charge in [0.25, 0.3) is 5.91 Å². The molecule has 3 nitrogen and oxygen atoms in total. The third-order valence-electron chi connectivity index (χ3n) is 3.32. The first kappa shape index (κ1) is 16.1. The van der Waals surface area contributed by atoms with Gasteiger partial charge in [0.1, 0.15) is 5.69 Å². The van der Waals surface area contributed by atoms with Crippen LogP contribution in [-0.4, -0.2) is 10.9 Å². The van der Waals surface area contributed by atoms with Gasteiger partial charge in [0.2, 0.25) is 0 Å². The summed E-state index contributed by atoms with van der Waals surface area (Å²) in [5, 5.41) is 0.723. The van der Waals surface area contributed by atoms with Crippen LogP contribution in [0.4, 0.5) is 0 Å². The van der Waals surface area contributed by atoms with Crippen LogP contribution in [0, 0.1) is 0 Å². The van der Waals surface area contributed by atoms with Gasteiger partial charge in [-0.2, -0.15) is 0 Å². The van der Waals surface area contributed by atoms with E-state index in [2.05, 4.69) is 4.98 Å². The average molecular weight is 333 g/mol. The first-order chi connectivity index (χ1) is 10.1. The van der Waals surface area contributed by atoms with E-state index in [1.807, 2.05) is 54.6 Å². The zero-order chi connectivity index (χ0) is 14.8. The highest BCUT2D eigenvalue weighted by atomic mass is 35.5. The quantitative estimate of drug-likeness (QED) is 0.727. The number of nitrogens with two attached hydrogens (primary N) is 1. The molecule has 0 spiro atoms. The first-order valence-electron chi connectivity index (χ1n) is 6.49. The number of hydrogen-bond acceptors (Lipinski definition) is 1. The molecule has 3 N–H and O–H groups in total. The Morgan fingerprint density at radius 2 is 1.32 bits per heavy atom. The Kier molecular flexibility index (Phi) is 4.91. The topological polar surface area (TPSA) is 58.9 Å². The van der Waals surface area contributed by atoms with E-state index in [0.717, 1.165) is 27.4 Å². The maximum absolute atomic E-state index is 11.1. The number of carbonyl (C=O) groups is 1. The summed E-state index contributed by atoms with van der Waals surface area (Å²) in [6.45, 7) is 0. The highest BCUT2D eigenvalue weighted by molar-refractivity contribution is 6.30. The highest BCUT2D eigenvalue weighted by Gasteiger charge is 2.06. The molecule has 2 aromatic carbocycles. The Labute approximate surface area is 139 Å². The van der Waals surface area contributed by atoms with Crippen LogP contribution in [0.15, 0.2) is 60.7 Å². The van der Waals surface area contributed by atoms with Crippen molar-refractivity contribution in [1.82, 2.24) is 4.98 Å². The van der Waals surface area contributed by atoms with Crippen LogP contribution in [0.2, 0.25) is 5.02 Å². The minimum Gasteiger partial charge on any atom is -0.364 e. The Morgan fingerprint density at radius 1 is 0.818 bits per heavy atom. The van der Waals surface area contributed by atoms with Crippen LogP contribution >= 0.6 is 24.0 Å². The van der Waals surface area contributed by atoms with E-state index in [1.54, 1.807) is 6.07 Å². The smallest absolute Gasteiger partial charge is 0.265 e. The van der Waals surface area contributed by atoms with Gasteiger partial charge >= 0.3 is 0 Å². The summed E-state index contributed by atoms with van der Waals surface area (Å²) in [7, 11) is 0. The zero-order valence-corrected chi connectivity index (χ0v) is 13.1. The fraction of sp³-hybridized carbons (Fsp3) is 0. The van der Waals surface area contributed by atoms with Crippen LogP contribution in [0.1, 0.15) is 10.5 Å². The molecule has 0 unspecified atom stereocenters. The number of hydrogen-bond donors (Lipinski definition) is 2. The number of amides is 1. The summed E-state index contributed by atoms with van der Waals surface area (Å²) in [4.78, 5) is 14.1. The van der Waals surface area contributed by atoms with Crippen LogP contribution in [0.3, 0.4) is 0 Å². The standard InChI is InChI=1S/C17H13ClN2O.ClH/c18-14-7-5-12(6-8-14)11-1-3-13(4-2-11)15-9-10-16(20-15)17(19)21;/h1-10,20H,(H2,19,21);1H. The van der Waals surface area contributed by atoms with Crippen molar-refractivity contribution in [2.24, 2.45) is 5.73 Å². The molecule has 5 heteroatoms. The number of nitrogens with one attached hydrogen (secondary N) is 1. The van der Waals surface area contributed by atoms with E-state index in [0.29, 0.717) is 5.69 Å². The number of rotatable bonds is 3. The molecule has 0 aliphatic heterocycles. The van der Waals surface area contributed by atoms with Crippen molar-refractivity contribution in [3.63, 3.8) is 0 Å². The van der Waals surface area contributed by atoms with E-state index >= 15 is 0 Å². The molecule has 22 heavy (non-hydrogen) atoms. The lowest BCUT2D eigenvalue weighted by atomic mass is 10.0. The summed E-state index contributed by atoms with van der Waals surface area (Å²) in [5.41, 5.74) is 9.73. The van der Waals surface area contributed by atoms with Crippen molar-refractivity contribution in [2.75, 3.05) is 0 Å². The van der Waals surface area contributed by atoms with Crippen molar-refractivity contribution < 1.29 is 4.79 Å². The predicted octanol–water partition coefficient (Wildman–Crippen LogP) is 4.52. The summed E-state index contributed by atoms with van der Waals surface area (Å²) in [6, 6.07) is 19.3. The lowest BCUT2D eigenvalue weighted by Gasteiger charge is -2.04. The minimum atomic E-state index is -0.459. The molecule has 0 bridgehead atoms. The van der Waals surface area contributed by atoms with Gasteiger partial charge in [-0.05, 0) is 41.0 Å². The predicted molar refractivity (Wildman–Crippen MR) is 92.4 cm³/mol. The molecule has 0 saturated heterocycles. The summed E-state index contributed by atoms with van der Waals surface area (Å²) < 4.78 is 0. The number of halogens is 2. The third-order valence-corrected chi connectivity index (χ3v) is 3.58. The fourth-order valence-corrected chi connectivity index (χ4v) is 2.32. The van der Waals surface area contributed by atoms with Crippen molar-refractivity contribution in [2.45, 2.75) is 0 Å². The van der Waals surface area contributed by atoms with Crippen molar-refractivity contribution >= 4 is 29.9 Å². The lowest BCUT2D eigenvalue weighted by Crippen LogP contribution is -2.10. The van der Waals surface area contributed by atoms with Crippen LogP contribution in [0.5, 0.6) is 0 Å². The minimum absolute atomic E-state index is 0. The molecule has 3 rings (SSSR count). The lowest BCUT2D eigenvalue weighted by molar-refractivity contribution is 0.0996. The Hall–Kier alpha value is -2.23. The fourth-order valence-electron chi connectivity index (χ4n) is 2.19. The van der Waals surface area contributed by atoms with E-state index in [1.165, 1.54) is 0 Å². The van der Waals surface area contributed by atoms with Crippen molar-refractivity contribution in [1.29, 1.82) is 0 Å². The largest absolute Gasteiger partial charge is 0.364 e. The normalized spacial score (nSPS) is 10.0. The maximum atomic E-state index is 11.1. The number of H-pyrrole nitrogens is 1. The molecular formula is C17H14Cl2N2O. The van der Waals surface area contributed by atoms with Gasteiger partial charge in [0.15, 0.2) is 0 Å². The molecule has 0 fully saturated rings. The number of aromatic nitrogens is 1. The average Bonchev–Trinajstić information content (AvgIpc) is 2.98. The van der Waals surface area contributed by atoms with E-state index in [4.69, 9.17) is 17.3 Å². The maximum Gasteiger partial charge on any atom is 0.265 e. The summed E-state index contributed by atoms with van der Waals surface area (Å²) in [5.74, 6) is -0.459. The number of carbonyl (C=O) groups excluding carboxylic acids is 1. The second-order valence-electron chi connectivity index (χ2n) is 4.73. The second-order valence-corrected chi connectivity index (χ2v) is 5.17. The van der Waals surface area contributed by atoms with Crippen LogP contribution in [-0.2, 0) is 0 Å². The number of aromatic amines is 1. The molecule has 1 aromatic heterocycles. The van der Waals surface area contributed by atoms with Gasteiger partial charge in [-0.1, -0.05) is 48.0 Å². The molecule has 0 atom stereocenters. The monoisotopic (exact) mass is 332 g/mol. The summed E-state index contributed by atoms with van der Waals surface area (Å²) >= 11 is 5.89. The molecule has 0 saturated carbocycles. The molecular weight excluding hydrogens is 319 g/mol. The van der Waals surface area contributed by atoms with Crippen molar-refractivity contribution in [3.05, 3.63) is 71.4 Å². The molecule has 1 heterocycles. The van der Waals surface area contributed by atoms with E-state index in [-0.39, 0.29) is 12.4 Å². The Morgan fingerprint density at radius 3 is 1.82 bits per heavy atom. The third kappa shape index (κ3) is 3.32. The van der Waals surface area contributed by atoms with E-state index < -0.39 is 5.91 Å². The molecule has 112 valence electrons. The molecule has 0 radical (unpaired) electrons. The van der Waals surface area contributed by atoms with Gasteiger partial charge in [0.05, 0.1) is 0 Å². The van der Waals surface area contributed by atoms with Gasteiger partial charge in [-0.25, -0.2) is 0 Å². The van der Waals surface area contributed by atoms with Crippen LogP contribution in [0.25, 0.3) is 22.4 Å². The van der Waals surface area contributed by atoms with Gasteiger partial charge < -0.3 is 10.7 Å². The van der Waals surface area contributed by atoms with E-state index in [9.17, 15) is 4.79 Å². The molecule has 3 aromatic rings. The summed E-state index contributed by atoms with van der Waals surface area (Å²) in [6.07, 6.45) is 0. The zero-order valence-electron chi connectivity index (χ0n) is 11.5. The molecule has 0 aliphatic carbocycles. The van der Waals surface area contributed by atoms with Gasteiger partial charge in [-0.3, -0.25) is 4.79 Å². The Balaban J connectivity index is 0.00000176. The molecule has 0 aliphatic rings. The second kappa shape index (κ2) is 6.69. The first-order valence-corrected chi connectivity index (χ1v) is 6.86. The van der Waals surface area contributed by atoms with Crippen molar-refractivity contribution in [3.8, 4) is 22.4 Å². The van der Waals surface area contributed by atoms with Crippen LogP contribution < -0.4 is 5.73 Å². The SMILES string of the molecule is Cl.NC(=O)c1ccc(-c2ccc(-c3ccc(Cl)cc3)cc2)[nH]1. The van der Waals surface area contributed by atoms with Gasteiger partial charge in [0, 0.05) is 10.7 Å².